The fourth-order valence-corrected chi connectivity index (χ4v) is 4.00. The molecule has 190 valence electrons. The minimum Gasteiger partial charge on any atom is -0.488 e. The predicted octanol–water partition coefficient (Wildman–Crippen LogP) is 4.28. The zero-order chi connectivity index (χ0) is 26.6. The molecule has 3 aromatic carbocycles. The van der Waals surface area contributed by atoms with Crippen molar-refractivity contribution < 1.29 is 42.1 Å². The summed E-state index contributed by atoms with van der Waals surface area (Å²) >= 11 is 3.58. The van der Waals surface area contributed by atoms with E-state index < -0.39 is 24.2 Å². The van der Waals surface area contributed by atoms with Crippen LogP contribution in [-0.4, -0.2) is 48.9 Å². The number of benzene rings is 3. The summed E-state index contributed by atoms with van der Waals surface area (Å²) in [6, 6.07) is 16.1. The number of methoxy groups -OCH3 is 1. The summed E-state index contributed by atoms with van der Waals surface area (Å²) in [6.07, 6.45) is -5.08. The van der Waals surface area contributed by atoms with Gasteiger partial charge < -0.3 is 25.2 Å². The van der Waals surface area contributed by atoms with E-state index in [1.165, 1.54) is 7.11 Å². The van der Waals surface area contributed by atoms with Crippen LogP contribution in [0.1, 0.15) is 15.9 Å². The van der Waals surface area contributed by atoms with Crippen molar-refractivity contribution >= 4 is 50.2 Å². The molecule has 36 heavy (non-hydrogen) atoms. The molecule has 0 fully saturated rings. The van der Waals surface area contributed by atoms with Crippen molar-refractivity contribution in [1.29, 1.82) is 0 Å². The number of fused-ring (bicyclic) bond motifs is 2. The highest BCUT2D eigenvalue weighted by Crippen LogP contribution is 2.37. The molecule has 0 radical (unpaired) electrons. The Morgan fingerprint density at radius 1 is 1.14 bits per heavy atom. The molecule has 1 aliphatic heterocycles. The number of ether oxygens (including phenoxy) is 2. The first kappa shape index (κ1) is 27.0. The Labute approximate surface area is 211 Å². The van der Waals surface area contributed by atoms with Gasteiger partial charge >= 0.3 is 18.1 Å². The molecule has 8 nitrogen and oxygen atoms in total. The van der Waals surface area contributed by atoms with Crippen molar-refractivity contribution in [2.75, 3.05) is 18.6 Å². The number of amides is 1. The molecule has 0 unspecified atom stereocenters. The first-order valence-corrected chi connectivity index (χ1v) is 11.1. The molecule has 1 amide bonds. The maximum absolute atomic E-state index is 13.1. The number of carbonyl (C=O) groups is 3. The van der Waals surface area contributed by atoms with Gasteiger partial charge in [0.05, 0.1) is 19.3 Å². The number of anilines is 1. The zero-order valence-corrected chi connectivity index (χ0v) is 20.3. The van der Waals surface area contributed by atoms with Crippen LogP contribution in [0.25, 0.3) is 10.8 Å². The van der Waals surface area contributed by atoms with Crippen molar-refractivity contribution in [3.63, 3.8) is 0 Å². The molecule has 4 rings (SSSR count). The molecule has 1 atom stereocenters. The molecule has 0 bridgehead atoms. The largest absolute Gasteiger partial charge is 0.490 e. The second kappa shape index (κ2) is 11.0. The second-order valence-corrected chi connectivity index (χ2v) is 8.40. The smallest absolute Gasteiger partial charge is 0.488 e. The molecule has 0 aliphatic carbocycles. The Bertz CT molecular complexity index is 1310. The van der Waals surface area contributed by atoms with E-state index >= 15 is 0 Å². The van der Waals surface area contributed by atoms with Gasteiger partial charge in [-0.2, -0.15) is 13.2 Å². The van der Waals surface area contributed by atoms with Gasteiger partial charge in [-0.1, -0.05) is 52.3 Å². The van der Waals surface area contributed by atoms with Crippen molar-refractivity contribution in [1.82, 2.24) is 0 Å². The Morgan fingerprint density at radius 3 is 2.39 bits per heavy atom. The van der Waals surface area contributed by atoms with Gasteiger partial charge in [0.1, 0.15) is 18.2 Å². The number of alkyl halides is 3. The standard InChI is InChI=1S/C22H19BrN2O4.C2HF3O2/c1-28-22(27)16-7-4-8-19-20(16)29-12-18(24)21(26)25(19)11-13-9-10-17(23)15-6-3-2-5-14(13)15;3-2(4,5)1(6)7/h2-10,18H,11-12,24H2,1H3;(H,6,7)/t18-;/m0./s1. The molecule has 1 heterocycles. The lowest BCUT2D eigenvalue weighted by atomic mass is 10.0. The van der Waals surface area contributed by atoms with Crippen LogP contribution < -0.4 is 15.4 Å². The summed E-state index contributed by atoms with van der Waals surface area (Å²) in [6.45, 7) is 0.277. The summed E-state index contributed by atoms with van der Waals surface area (Å²) < 4.78 is 43.3. The summed E-state index contributed by atoms with van der Waals surface area (Å²) in [7, 11) is 1.31. The number of hydrogen-bond donors (Lipinski definition) is 2. The number of nitrogens with two attached hydrogens (primary N) is 1. The number of nitrogens with zero attached hydrogens (tertiary/aromatic N) is 1. The van der Waals surface area contributed by atoms with E-state index in [0.717, 1.165) is 20.8 Å². The van der Waals surface area contributed by atoms with Crippen molar-refractivity contribution in [2.24, 2.45) is 5.73 Å². The van der Waals surface area contributed by atoms with Gasteiger partial charge in [-0.25, -0.2) is 9.59 Å². The van der Waals surface area contributed by atoms with Gasteiger partial charge in [-0.15, -0.1) is 0 Å². The van der Waals surface area contributed by atoms with E-state index in [9.17, 15) is 22.8 Å². The van der Waals surface area contributed by atoms with Crippen molar-refractivity contribution in [3.05, 3.63) is 70.2 Å². The number of carboxylic acids is 1. The maximum atomic E-state index is 13.1. The fraction of sp³-hybridized carbons (Fsp3) is 0.208. The molecule has 0 spiro atoms. The highest BCUT2D eigenvalue weighted by atomic mass is 79.9. The molecule has 0 saturated heterocycles. The number of carbonyl (C=O) groups excluding carboxylic acids is 2. The maximum Gasteiger partial charge on any atom is 0.490 e. The molecule has 3 N–H and O–H groups in total. The molecule has 3 aromatic rings. The van der Waals surface area contributed by atoms with E-state index in [1.54, 1.807) is 23.1 Å². The third kappa shape index (κ3) is 5.77. The summed E-state index contributed by atoms with van der Waals surface area (Å²) in [5.41, 5.74) is 7.78. The number of carboxylic acid groups (broad SMARTS) is 1. The number of para-hydroxylation sites is 1. The summed E-state index contributed by atoms with van der Waals surface area (Å²) in [5, 5.41) is 9.20. The van der Waals surface area contributed by atoms with Crippen molar-refractivity contribution in [3.8, 4) is 5.75 Å². The number of halogens is 4. The minimum atomic E-state index is -5.08. The van der Waals surface area contributed by atoms with E-state index in [2.05, 4.69) is 15.9 Å². The van der Waals surface area contributed by atoms with Crippen molar-refractivity contribution in [2.45, 2.75) is 18.8 Å². The van der Waals surface area contributed by atoms with Gasteiger partial charge in [-0.05, 0) is 34.5 Å². The highest BCUT2D eigenvalue weighted by molar-refractivity contribution is 9.10. The van der Waals surface area contributed by atoms with Crippen LogP contribution in [0.4, 0.5) is 18.9 Å². The van der Waals surface area contributed by atoms with Gasteiger partial charge in [-0.3, -0.25) is 4.79 Å². The molecular weight excluding hydrogens is 549 g/mol. The average molecular weight is 569 g/mol. The van der Waals surface area contributed by atoms with Crippen LogP contribution in [0, 0.1) is 0 Å². The quantitative estimate of drug-likeness (QED) is 0.453. The van der Waals surface area contributed by atoms with Crippen LogP contribution in [0.15, 0.2) is 59.1 Å². The number of esters is 1. The third-order valence-electron chi connectivity index (χ3n) is 5.21. The number of aliphatic carboxylic acids is 1. The highest BCUT2D eigenvalue weighted by Gasteiger charge is 2.38. The first-order valence-electron chi connectivity index (χ1n) is 10.3. The fourth-order valence-electron chi connectivity index (χ4n) is 3.52. The van der Waals surface area contributed by atoms with E-state index in [4.69, 9.17) is 25.1 Å². The number of hydrogen-bond acceptors (Lipinski definition) is 6. The predicted molar refractivity (Wildman–Crippen MR) is 128 cm³/mol. The molecular formula is C24H20BrF3N2O6. The average Bonchev–Trinajstić information content (AvgIpc) is 2.97. The molecule has 0 saturated carbocycles. The van der Waals surface area contributed by atoms with E-state index in [1.807, 2.05) is 36.4 Å². The Balaban J connectivity index is 0.000000454. The van der Waals surface area contributed by atoms with Gasteiger partial charge in [0, 0.05) is 4.47 Å². The number of rotatable bonds is 3. The molecule has 12 heteroatoms. The lowest BCUT2D eigenvalue weighted by Crippen LogP contribution is -2.45. The summed E-state index contributed by atoms with van der Waals surface area (Å²) in [4.78, 5) is 35.7. The lowest BCUT2D eigenvalue weighted by molar-refractivity contribution is -0.192. The van der Waals surface area contributed by atoms with Crippen LogP contribution >= 0.6 is 15.9 Å². The van der Waals surface area contributed by atoms with E-state index in [0.29, 0.717) is 18.0 Å². The topological polar surface area (TPSA) is 119 Å². The SMILES string of the molecule is COC(=O)c1cccc2c1OC[C@H](N)C(=O)N2Cc1ccc(Br)c2ccccc12.O=C(O)C(F)(F)F. The second-order valence-electron chi connectivity index (χ2n) is 7.54. The van der Waals surface area contributed by atoms with Gasteiger partial charge in [0.15, 0.2) is 5.75 Å². The normalized spacial score (nSPS) is 15.2. The summed E-state index contributed by atoms with van der Waals surface area (Å²) in [5.74, 6) is -3.24. The Hall–Kier alpha value is -3.64. The monoisotopic (exact) mass is 568 g/mol. The Kier molecular flexibility index (Phi) is 8.21. The molecule has 1 aliphatic rings. The van der Waals surface area contributed by atoms with Crippen LogP contribution in [0.5, 0.6) is 5.75 Å². The Morgan fingerprint density at radius 2 is 1.78 bits per heavy atom. The zero-order valence-electron chi connectivity index (χ0n) is 18.7. The van der Waals surface area contributed by atoms with Crippen LogP contribution in [0.2, 0.25) is 0 Å². The molecule has 0 aromatic heterocycles. The van der Waals surface area contributed by atoms with Crippen LogP contribution in [-0.2, 0) is 20.9 Å². The minimum absolute atomic E-state index is 0.0164. The van der Waals surface area contributed by atoms with Gasteiger partial charge in [0.25, 0.3) is 0 Å². The lowest BCUT2D eigenvalue weighted by Gasteiger charge is -2.24. The van der Waals surface area contributed by atoms with E-state index in [-0.39, 0.29) is 18.1 Å². The van der Waals surface area contributed by atoms with Crippen LogP contribution in [0.3, 0.4) is 0 Å². The third-order valence-corrected chi connectivity index (χ3v) is 5.90. The van der Waals surface area contributed by atoms with Gasteiger partial charge in [0.2, 0.25) is 5.91 Å². The first-order chi connectivity index (χ1) is 17.0.